The van der Waals surface area contributed by atoms with Crippen molar-refractivity contribution >= 4 is 0 Å². The first-order valence-electron chi connectivity index (χ1n) is 6.58. The summed E-state index contributed by atoms with van der Waals surface area (Å²) in [6, 6.07) is 0. The van der Waals surface area contributed by atoms with E-state index in [1.54, 1.807) is 0 Å². The highest BCUT2D eigenvalue weighted by atomic mass is 16.5. The highest BCUT2D eigenvalue weighted by molar-refractivity contribution is 5.04. The first-order valence-corrected chi connectivity index (χ1v) is 6.58. The van der Waals surface area contributed by atoms with Crippen LogP contribution in [0.15, 0.2) is 4.52 Å². The van der Waals surface area contributed by atoms with Crippen LogP contribution in [0.4, 0.5) is 0 Å². The van der Waals surface area contributed by atoms with Crippen LogP contribution in [0.2, 0.25) is 0 Å². The van der Waals surface area contributed by atoms with Gasteiger partial charge in [-0.3, -0.25) is 0 Å². The fourth-order valence-corrected chi connectivity index (χ4v) is 2.17. The van der Waals surface area contributed by atoms with Crippen molar-refractivity contribution in [2.45, 2.75) is 44.8 Å². The van der Waals surface area contributed by atoms with Gasteiger partial charge < -0.3 is 19.7 Å². The van der Waals surface area contributed by atoms with Crippen LogP contribution in [-0.4, -0.2) is 34.9 Å². The number of nitrogens with zero attached hydrogens (tertiary/aromatic N) is 2. The minimum Gasteiger partial charge on any atom is -0.379 e. The van der Waals surface area contributed by atoms with Crippen molar-refractivity contribution in [1.29, 1.82) is 0 Å². The molecule has 2 N–H and O–H groups in total. The molecule has 1 aliphatic heterocycles. The summed E-state index contributed by atoms with van der Waals surface area (Å²) in [5.74, 6) is 0.831. The van der Waals surface area contributed by atoms with Crippen molar-refractivity contribution in [3.05, 3.63) is 11.7 Å². The number of rotatable bonds is 6. The normalized spacial score (nSPS) is 25.5. The van der Waals surface area contributed by atoms with Crippen LogP contribution in [0.3, 0.4) is 0 Å². The van der Waals surface area contributed by atoms with E-state index in [9.17, 15) is 5.11 Å². The molecule has 0 saturated carbocycles. The lowest BCUT2D eigenvalue weighted by molar-refractivity contribution is 0.0242. The van der Waals surface area contributed by atoms with Crippen molar-refractivity contribution in [2.24, 2.45) is 0 Å². The highest BCUT2D eigenvalue weighted by Gasteiger charge is 2.39. The molecule has 1 aliphatic rings. The van der Waals surface area contributed by atoms with Gasteiger partial charge >= 0.3 is 0 Å². The standard InChI is InChI=1S/C12H21N3O3/c1-3-5-9(17-4-2)10-14-11(18-15-10)12(16)6-7-13-8-12/h9,13,16H,3-8H2,1-2H3. The molecule has 2 rings (SSSR count). The van der Waals surface area contributed by atoms with Crippen LogP contribution in [-0.2, 0) is 10.3 Å². The summed E-state index contributed by atoms with van der Waals surface area (Å²) in [5, 5.41) is 17.4. The SMILES string of the molecule is CCCC(OCC)c1noc(C2(O)CCNC2)n1. The molecule has 0 aliphatic carbocycles. The summed E-state index contributed by atoms with van der Waals surface area (Å²) < 4.78 is 10.8. The Morgan fingerprint density at radius 1 is 1.56 bits per heavy atom. The van der Waals surface area contributed by atoms with E-state index >= 15 is 0 Å². The van der Waals surface area contributed by atoms with E-state index in [0.29, 0.717) is 31.3 Å². The Bertz CT molecular complexity index is 368. The fraction of sp³-hybridized carbons (Fsp3) is 0.833. The number of ether oxygens (including phenoxy) is 1. The second-order valence-corrected chi connectivity index (χ2v) is 4.65. The lowest BCUT2D eigenvalue weighted by Gasteiger charge is -2.15. The molecule has 18 heavy (non-hydrogen) atoms. The zero-order valence-corrected chi connectivity index (χ0v) is 11.0. The maximum Gasteiger partial charge on any atom is 0.260 e. The van der Waals surface area contributed by atoms with Crippen LogP contribution >= 0.6 is 0 Å². The van der Waals surface area contributed by atoms with Gasteiger partial charge in [-0.2, -0.15) is 4.98 Å². The number of β-amino-alcohol motifs (C(OH)–C–C–N with tert-alkyl or cyclic N) is 1. The van der Waals surface area contributed by atoms with Crippen LogP contribution in [0.1, 0.15) is 50.9 Å². The maximum absolute atomic E-state index is 10.3. The van der Waals surface area contributed by atoms with Crippen LogP contribution < -0.4 is 5.32 Å². The highest BCUT2D eigenvalue weighted by Crippen LogP contribution is 2.28. The van der Waals surface area contributed by atoms with Gasteiger partial charge in [0.1, 0.15) is 6.10 Å². The summed E-state index contributed by atoms with van der Waals surface area (Å²) in [4.78, 5) is 4.31. The van der Waals surface area contributed by atoms with Crippen LogP contribution in [0.5, 0.6) is 0 Å². The molecule has 0 amide bonds. The largest absolute Gasteiger partial charge is 0.379 e. The zero-order valence-electron chi connectivity index (χ0n) is 11.0. The number of nitrogens with one attached hydrogen (secondary N) is 1. The number of hydrogen-bond donors (Lipinski definition) is 2. The molecular weight excluding hydrogens is 234 g/mol. The van der Waals surface area contributed by atoms with E-state index in [1.807, 2.05) is 6.92 Å². The monoisotopic (exact) mass is 255 g/mol. The first-order chi connectivity index (χ1) is 8.69. The smallest absolute Gasteiger partial charge is 0.260 e. The summed E-state index contributed by atoms with van der Waals surface area (Å²) >= 11 is 0. The molecule has 1 fully saturated rings. The molecule has 0 radical (unpaired) electrons. The third-order valence-corrected chi connectivity index (χ3v) is 3.18. The van der Waals surface area contributed by atoms with E-state index in [2.05, 4.69) is 22.4 Å². The van der Waals surface area contributed by atoms with E-state index in [-0.39, 0.29) is 6.10 Å². The van der Waals surface area contributed by atoms with Gasteiger partial charge in [-0.05, 0) is 26.3 Å². The summed E-state index contributed by atoms with van der Waals surface area (Å²) in [7, 11) is 0. The van der Waals surface area contributed by atoms with E-state index in [4.69, 9.17) is 9.26 Å². The molecule has 1 aromatic heterocycles. The number of aliphatic hydroxyl groups is 1. The van der Waals surface area contributed by atoms with E-state index < -0.39 is 5.60 Å². The van der Waals surface area contributed by atoms with Gasteiger partial charge in [-0.25, -0.2) is 0 Å². The summed E-state index contributed by atoms with van der Waals surface area (Å²) in [5.41, 5.74) is -1.02. The first kappa shape index (κ1) is 13.5. The second kappa shape index (κ2) is 5.77. The van der Waals surface area contributed by atoms with Crippen molar-refractivity contribution in [3.8, 4) is 0 Å². The lowest BCUT2D eigenvalue weighted by atomic mass is 10.0. The van der Waals surface area contributed by atoms with Gasteiger partial charge in [0.15, 0.2) is 5.60 Å². The Kier molecular flexibility index (Phi) is 4.31. The average molecular weight is 255 g/mol. The molecule has 102 valence electrons. The van der Waals surface area contributed by atoms with Crippen LogP contribution in [0.25, 0.3) is 0 Å². The topological polar surface area (TPSA) is 80.4 Å². The molecule has 6 heteroatoms. The second-order valence-electron chi connectivity index (χ2n) is 4.65. The average Bonchev–Trinajstić information content (AvgIpc) is 2.98. The fourth-order valence-electron chi connectivity index (χ4n) is 2.17. The van der Waals surface area contributed by atoms with Gasteiger partial charge in [-0.15, -0.1) is 0 Å². The summed E-state index contributed by atoms with van der Waals surface area (Å²) in [6.45, 7) is 5.86. The van der Waals surface area contributed by atoms with Gasteiger partial charge in [0.05, 0.1) is 0 Å². The quantitative estimate of drug-likeness (QED) is 0.793. The van der Waals surface area contributed by atoms with Crippen molar-refractivity contribution in [2.75, 3.05) is 19.7 Å². The van der Waals surface area contributed by atoms with Crippen molar-refractivity contribution < 1.29 is 14.4 Å². The molecule has 6 nitrogen and oxygen atoms in total. The van der Waals surface area contributed by atoms with Crippen molar-refractivity contribution in [1.82, 2.24) is 15.5 Å². The number of hydrogen-bond acceptors (Lipinski definition) is 6. The lowest BCUT2D eigenvalue weighted by Crippen LogP contribution is -2.28. The molecule has 1 aromatic rings. The minimum absolute atomic E-state index is 0.143. The van der Waals surface area contributed by atoms with E-state index in [0.717, 1.165) is 19.4 Å². The molecule has 0 spiro atoms. The molecule has 0 aromatic carbocycles. The number of aromatic nitrogens is 2. The Hall–Kier alpha value is -0.980. The Labute approximate surface area is 107 Å². The zero-order chi connectivity index (χ0) is 13.0. The Morgan fingerprint density at radius 2 is 2.39 bits per heavy atom. The molecule has 2 heterocycles. The van der Waals surface area contributed by atoms with Gasteiger partial charge in [0, 0.05) is 13.2 Å². The maximum atomic E-state index is 10.3. The van der Waals surface area contributed by atoms with Crippen molar-refractivity contribution in [3.63, 3.8) is 0 Å². The van der Waals surface area contributed by atoms with Crippen LogP contribution in [0, 0.1) is 0 Å². The van der Waals surface area contributed by atoms with Gasteiger partial charge in [-0.1, -0.05) is 18.5 Å². The third kappa shape index (κ3) is 2.71. The Morgan fingerprint density at radius 3 is 3.00 bits per heavy atom. The summed E-state index contributed by atoms with van der Waals surface area (Å²) in [6.07, 6.45) is 2.29. The molecule has 1 saturated heterocycles. The third-order valence-electron chi connectivity index (χ3n) is 3.18. The Balaban J connectivity index is 2.12. The predicted octanol–water partition coefficient (Wildman–Crippen LogP) is 1.13. The van der Waals surface area contributed by atoms with Gasteiger partial charge in [0.25, 0.3) is 5.89 Å². The molecule has 2 atom stereocenters. The molecular formula is C12H21N3O3. The molecule has 0 bridgehead atoms. The molecule has 2 unspecified atom stereocenters. The predicted molar refractivity (Wildman–Crippen MR) is 65.0 cm³/mol. The minimum atomic E-state index is -1.02. The van der Waals surface area contributed by atoms with Gasteiger partial charge in [0.2, 0.25) is 5.82 Å². The van der Waals surface area contributed by atoms with E-state index in [1.165, 1.54) is 0 Å².